The molecule has 9 heteroatoms. The maximum atomic E-state index is 14.4. The van der Waals surface area contributed by atoms with Gasteiger partial charge in [0.15, 0.2) is 5.17 Å². The number of hydrogen-bond donors (Lipinski definition) is 1. The first-order valence-corrected chi connectivity index (χ1v) is 12.0. The highest BCUT2D eigenvalue weighted by molar-refractivity contribution is 8.14. The molecule has 0 radical (unpaired) electrons. The number of rotatable bonds is 8. The monoisotopic (exact) mass is 518 g/mol. The van der Waals surface area contributed by atoms with Gasteiger partial charge in [0.2, 0.25) is 5.91 Å². The summed E-state index contributed by atoms with van der Waals surface area (Å²) in [6.45, 7) is 2.42. The van der Waals surface area contributed by atoms with Crippen molar-refractivity contribution in [1.29, 1.82) is 0 Å². The van der Waals surface area contributed by atoms with Gasteiger partial charge in [0.25, 0.3) is 0 Å². The average Bonchev–Trinajstić information content (AvgIpc) is 3.27. The summed E-state index contributed by atoms with van der Waals surface area (Å²) in [4.78, 5) is 19.6. The molecule has 0 fully saturated rings. The minimum Gasteiger partial charge on any atom is -0.345 e. The van der Waals surface area contributed by atoms with E-state index in [1.807, 2.05) is 48.5 Å². The Balaban J connectivity index is 0.00000324. The Bertz CT molecular complexity index is 1100. The van der Waals surface area contributed by atoms with Crippen LogP contribution in [0.5, 0.6) is 0 Å². The normalized spacial score (nSPS) is 12.6. The smallest absolute Gasteiger partial charge is 0.248 e. The standard InChI is InChI=1S/C25H24ClFN4OS.ClH/c26-22-12-7-13-23(27)21(22)17-31(20-10-5-2-6-11-20)29-24(32)18-33-25-28-14-15-30(25)16-19-8-3-1-4-9-19;/h1-13H,14-18H2,(H,29,32);1H. The zero-order valence-electron chi connectivity index (χ0n) is 18.4. The van der Waals surface area contributed by atoms with Crippen LogP contribution in [0.25, 0.3) is 0 Å². The van der Waals surface area contributed by atoms with Gasteiger partial charge < -0.3 is 4.90 Å². The number of amides is 1. The minimum absolute atomic E-state index is 0. The van der Waals surface area contributed by atoms with E-state index in [9.17, 15) is 9.18 Å². The SMILES string of the molecule is Cl.O=C(CSC1=NCCN1Cc1ccccc1)NN(Cc1c(F)cccc1Cl)c1ccccc1. The summed E-state index contributed by atoms with van der Waals surface area (Å²) in [6.07, 6.45) is 0. The van der Waals surface area contributed by atoms with Gasteiger partial charge in [-0.1, -0.05) is 78.0 Å². The zero-order chi connectivity index (χ0) is 23.0. The molecular weight excluding hydrogens is 494 g/mol. The second kappa shape index (κ2) is 12.6. The van der Waals surface area contributed by atoms with Gasteiger partial charge in [-0.2, -0.15) is 0 Å². The summed E-state index contributed by atoms with van der Waals surface area (Å²) >= 11 is 7.63. The zero-order valence-corrected chi connectivity index (χ0v) is 20.8. The predicted octanol–water partition coefficient (Wildman–Crippen LogP) is 5.54. The molecule has 1 aliphatic rings. The maximum absolute atomic E-state index is 14.4. The van der Waals surface area contributed by atoms with Crippen molar-refractivity contribution >= 4 is 52.5 Å². The van der Waals surface area contributed by atoms with E-state index in [0.717, 1.165) is 30.5 Å². The molecule has 0 saturated carbocycles. The molecule has 1 N–H and O–H groups in total. The van der Waals surface area contributed by atoms with Gasteiger partial charge >= 0.3 is 0 Å². The summed E-state index contributed by atoms with van der Waals surface area (Å²) in [5, 5.41) is 2.79. The van der Waals surface area contributed by atoms with Crippen molar-refractivity contribution in [3.63, 3.8) is 0 Å². The maximum Gasteiger partial charge on any atom is 0.248 e. The lowest BCUT2D eigenvalue weighted by Crippen LogP contribution is -2.43. The van der Waals surface area contributed by atoms with E-state index in [-0.39, 0.29) is 30.6 Å². The van der Waals surface area contributed by atoms with Crippen molar-refractivity contribution in [2.75, 3.05) is 23.9 Å². The fourth-order valence-corrected chi connectivity index (χ4v) is 4.58. The van der Waals surface area contributed by atoms with Crippen molar-refractivity contribution < 1.29 is 9.18 Å². The van der Waals surface area contributed by atoms with Crippen molar-refractivity contribution in [2.45, 2.75) is 13.1 Å². The number of nitrogens with one attached hydrogen (secondary N) is 1. The molecule has 3 aromatic rings. The van der Waals surface area contributed by atoms with E-state index in [0.29, 0.717) is 10.6 Å². The highest BCUT2D eigenvalue weighted by Gasteiger charge is 2.20. The Hall–Kier alpha value is -2.74. The van der Waals surface area contributed by atoms with Crippen LogP contribution >= 0.6 is 35.8 Å². The first kappa shape index (κ1) is 25.9. The van der Waals surface area contributed by atoms with Crippen LogP contribution < -0.4 is 10.4 Å². The van der Waals surface area contributed by atoms with Crippen molar-refractivity contribution in [3.8, 4) is 0 Å². The van der Waals surface area contributed by atoms with Crippen LogP contribution in [0.2, 0.25) is 5.02 Å². The summed E-state index contributed by atoms with van der Waals surface area (Å²) in [7, 11) is 0. The molecule has 4 rings (SSSR count). The molecule has 0 atom stereocenters. The molecule has 0 saturated heterocycles. The number of para-hydroxylation sites is 1. The fourth-order valence-electron chi connectivity index (χ4n) is 3.51. The number of halogens is 3. The fraction of sp³-hybridized carbons (Fsp3) is 0.200. The molecule has 1 heterocycles. The lowest BCUT2D eigenvalue weighted by atomic mass is 10.2. The van der Waals surface area contributed by atoms with Crippen LogP contribution in [0.4, 0.5) is 10.1 Å². The van der Waals surface area contributed by atoms with Crippen molar-refractivity contribution in [1.82, 2.24) is 10.3 Å². The highest BCUT2D eigenvalue weighted by atomic mass is 35.5. The van der Waals surface area contributed by atoms with Gasteiger partial charge in [0.1, 0.15) is 5.82 Å². The van der Waals surface area contributed by atoms with Crippen LogP contribution in [0.3, 0.4) is 0 Å². The van der Waals surface area contributed by atoms with E-state index in [2.05, 4.69) is 27.5 Å². The average molecular weight is 519 g/mol. The number of amidine groups is 1. The van der Waals surface area contributed by atoms with Crippen LogP contribution in [0.15, 0.2) is 83.9 Å². The second-order valence-corrected chi connectivity index (χ2v) is 8.87. The van der Waals surface area contributed by atoms with Crippen LogP contribution in [0.1, 0.15) is 11.1 Å². The minimum atomic E-state index is -0.413. The largest absolute Gasteiger partial charge is 0.345 e. The van der Waals surface area contributed by atoms with Crippen molar-refractivity contribution in [3.05, 3.63) is 101 Å². The molecule has 0 spiro atoms. The number of thioether (sulfide) groups is 1. The number of carbonyl (C=O) groups excluding carboxylic acids is 1. The van der Waals surface area contributed by atoms with E-state index >= 15 is 0 Å². The van der Waals surface area contributed by atoms with Crippen LogP contribution in [-0.4, -0.2) is 34.8 Å². The number of hydrogen-bond acceptors (Lipinski definition) is 5. The summed E-state index contributed by atoms with van der Waals surface area (Å²) in [5.41, 5.74) is 5.16. The number of hydrazine groups is 1. The third-order valence-electron chi connectivity index (χ3n) is 5.14. The van der Waals surface area contributed by atoms with Gasteiger partial charge in [0.05, 0.1) is 24.5 Å². The number of anilines is 1. The Kier molecular flexibility index (Phi) is 9.62. The Morgan fingerprint density at radius 3 is 2.47 bits per heavy atom. The first-order chi connectivity index (χ1) is 16.1. The van der Waals surface area contributed by atoms with Gasteiger partial charge in [-0.3, -0.25) is 20.2 Å². The van der Waals surface area contributed by atoms with Gasteiger partial charge in [-0.15, -0.1) is 12.4 Å². The molecule has 0 aromatic heterocycles. The molecule has 5 nitrogen and oxygen atoms in total. The van der Waals surface area contributed by atoms with Crippen LogP contribution in [-0.2, 0) is 17.9 Å². The molecule has 3 aromatic carbocycles. The number of nitrogens with zero attached hydrogens (tertiary/aromatic N) is 3. The second-order valence-electron chi connectivity index (χ2n) is 7.52. The quantitative estimate of drug-likeness (QED) is 0.397. The Morgan fingerprint density at radius 2 is 1.76 bits per heavy atom. The summed E-state index contributed by atoms with van der Waals surface area (Å²) in [6, 6.07) is 24.1. The number of benzene rings is 3. The summed E-state index contributed by atoms with van der Waals surface area (Å²) in [5.74, 6) is -0.423. The third kappa shape index (κ3) is 6.88. The number of carbonyl (C=O) groups is 1. The molecule has 0 bridgehead atoms. The lowest BCUT2D eigenvalue weighted by molar-refractivity contribution is -0.118. The molecule has 0 unspecified atom stereocenters. The van der Waals surface area contributed by atoms with Gasteiger partial charge in [-0.05, 0) is 29.8 Å². The lowest BCUT2D eigenvalue weighted by Gasteiger charge is -2.26. The summed E-state index contributed by atoms with van der Waals surface area (Å²) < 4.78 is 14.4. The number of aliphatic imine (C=N–C) groups is 1. The van der Waals surface area contributed by atoms with Crippen molar-refractivity contribution in [2.24, 2.45) is 4.99 Å². The highest BCUT2D eigenvalue weighted by Crippen LogP contribution is 2.23. The van der Waals surface area contributed by atoms with Gasteiger partial charge in [-0.25, -0.2) is 4.39 Å². The first-order valence-electron chi connectivity index (χ1n) is 10.6. The van der Waals surface area contributed by atoms with Gasteiger partial charge in [0, 0.05) is 23.7 Å². The third-order valence-corrected chi connectivity index (χ3v) is 6.55. The molecule has 1 amide bonds. The predicted molar refractivity (Wildman–Crippen MR) is 141 cm³/mol. The van der Waals surface area contributed by atoms with Crippen LogP contribution in [0, 0.1) is 5.82 Å². The molecule has 1 aliphatic heterocycles. The van der Waals surface area contributed by atoms with E-state index in [1.165, 1.54) is 23.4 Å². The molecule has 34 heavy (non-hydrogen) atoms. The Morgan fingerprint density at radius 1 is 1.06 bits per heavy atom. The van der Waals surface area contributed by atoms with E-state index in [1.54, 1.807) is 17.1 Å². The van der Waals surface area contributed by atoms with E-state index in [4.69, 9.17) is 11.6 Å². The molecule has 0 aliphatic carbocycles. The topological polar surface area (TPSA) is 47.9 Å². The van der Waals surface area contributed by atoms with E-state index < -0.39 is 5.82 Å². The molecule has 178 valence electrons. The Labute approximate surface area is 214 Å². The molecular formula is C25H25Cl2FN4OS.